The molecule has 0 unspecified atom stereocenters. The Labute approximate surface area is 90.5 Å². The predicted octanol–water partition coefficient (Wildman–Crippen LogP) is 0.0274. The van der Waals surface area contributed by atoms with Gasteiger partial charge in [0, 0.05) is 19.6 Å². The molecule has 0 atom stereocenters. The number of nitrogens with zero attached hydrogens (tertiary/aromatic N) is 1. The molecule has 0 saturated carbocycles. The second kappa shape index (κ2) is 6.76. The molecule has 0 rings (SSSR count). The van der Waals surface area contributed by atoms with Gasteiger partial charge in [-0.1, -0.05) is 13.8 Å². The molecule has 0 aliphatic rings. The lowest BCUT2D eigenvalue weighted by Crippen LogP contribution is -2.41. The maximum atomic E-state index is 11.6. The molecule has 7 heteroatoms. The van der Waals surface area contributed by atoms with Crippen molar-refractivity contribution in [3.8, 4) is 0 Å². The van der Waals surface area contributed by atoms with Crippen LogP contribution in [0.2, 0.25) is 0 Å². The summed E-state index contributed by atoms with van der Waals surface area (Å²) in [6, 6.07) is 0. The summed E-state index contributed by atoms with van der Waals surface area (Å²) in [6.07, 6.45) is 0.524. The lowest BCUT2D eigenvalue weighted by atomic mass is 10.4. The summed E-state index contributed by atoms with van der Waals surface area (Å²) < 4.78 is 26.6. The topological polar surface area (TPSA) is 86.7 Å². The number of rotatable bonds is 8. The Balaban J connectivity index is 4.31. The van der Waals surface area contributed by atoms with Crippen LogP contribution < -0.4 is 4.72 Å². The molecule has 0 fully saturated rings. The third-order valence-electron chi connectivity index (χ3n) is 1.80. The summed E-state index contributed by atoms with van der Waals surface area (Å²) in [6.45, 7) is 4.17. The summed E-state index contributed by atoms with van der Waals surface area (Å²) in [5.41, 5.74) is 0. The molecule has 0 aromatic carbocycles. The van der Waals surface area contributed by atoms with Gasteiger partial charge in [-0.05, 0) is 6.42 Å². The van der Waals surface area contributed by atoms with E-state index in [4.69, 9.17) is 5.11 Å². The van der Waals surface area contributed by atoms with E-state index >= 15 is 0 Å². The van der Waals surface area contributed by atoms with Crippen LogP contribution in [0.3, 0.4) is 0 Å². The molecule has 0 aliphatic carbocycles. The van der Waals surface area contributed by atoms with E-state index in [1.165, 1.54) is 0 Å². The van der Waals surface area contributed by atoms with Crippen LogP contribution in [-0.4, -0.2) is 43.4 Å². The van der Waals surface area contributed by atoms with Gasteiger partial charge < -0.3 is 5.11 Å². The number of hydrogen-bond acceptors (Lipinski definition) is 3. The monoisotopic (exact) mass is 238 g/mol. The van der Waals surface area contributed by atoms with Gasteiger partial charge in [0.25, 0.3) is 10.2 Å². The van der Waals surface area contributed by atoms with E-state index < -0.39 is 16.2 Å². The minimum atomic E-state index is -3.51. The van der Waals surface area contributed by atoms with Crippen LogP contribution in [0.25, 0.3) is 0 Å². The van der Waals surface area contributed by atoms with Crippen molar-refractivity contribution in [3.05, 3.63) is 0 Å². The first-order chi connectivity index (χ1) is 6.94. The summed E-state index contributed by atoms with van der Waals surface area (Å²) in [4.78, 5) is 10.3. The summed E-state index contributed by atoms with van der Waals surface area (Å²) >= 11 is 0. The van der Waals surface area contributed by atoms with Gasteiger partial charge >= 0.3 is 5.97 Å². The van der Waals surface area contributed by atoms with Crippen molar-refractivity contribution < 1.29 is 18.3 Å². The van der Waals surface area contributed by atoms with Gasteiger partial charge in [0.1, 0.15) is 0 Å². The SMILES string of the molecule is CCCNS(=O)(=O)N(CC)CCC(=O)O. The van der Waals surface area contributed by atoms with Crippen LogP contribution in [0.1, 0.15) is 26.7 Å². The molecular formula is C8H18N2O4S. The van der Waals surface area contributed by atoms with Gasteiger partial charge in [-0.15, -0.1) is 0 Å². The molecule has 2 N–H and O–H groups in total. The van der Waals surface area contributed by atoms with Gasteiger partial charge in [0.05, 0.1) is 6.42 Å². The average molecular weight is 238 g/mol. The average Bonchev–Trinajstić information content (AvgIpc) is 2.15. The molecule has 0 aliphatic heterocycles. The normalized spacial score (nSPS) is 11.9. The Morgan fingerprint density at radius 2 is 2.00 bits per heavy atom. The van der Waals surface area contributed by atoms with Crippen molar-refractivity contribution in [2.24, 2.45) is 0 Å². The molecule has 90 valence electrons. The van der Waals surface area contributed by atoms with Gasteiger partial charge in [-0.2, -0.15) is 12.7 Å². The van der Waals surface area contributed by atoms with Crippen LogP contribution >= 0.6 is 0 Å². The number of nitrogens with one attached hydrogen (secondary N) is 1. The van der Waals surface area contributed by atoms with Crippen molar-refractivity contribution in [1.29, 1.82) is 0 Å². The Kier molecular flexibility index (Phi) is 6.46. The zero-order chi connectivity index (χ0) is 11.9. The molecule has 0 saturated heterocycles. The lowest BCUT2D eigenvalue weighted by Gasteiger charge is -2.19. The van der Waals surface area contributed by atoms with Crippen molar-refractivity contribution in [3.63, 3.8) is 0 Å². The van der Waals surface area contributed by atoms with Crippen LogP contribution in [-0.2, 0) is 15.0 Å². The van der Waals surface area contributed by atoms with E-state index in [0.717, 1.165) is 4.31 Å². The van der Waals surface area contributed by atoms with Gasteiger partial charge in [-0.3, -0.25) is 4.79 Å². The summed E-state index contributed by atoms with van der Waals surface area (Å²) in [7, 11) is -3.51. The zero-order valence-corrected chi connectivity index (χ0v) is 9.88. The maximum Gasteiger partial charge on any atom is 0.304 e. The number of hydrogen-bond donors (Lipinski definition) is 2. The van der Waals surface area contributed by atoms with E-state index in [9.17, 15) is 13.2 Å². The molecule has 0 bridgehead atoms. The van der Waals surface area contributed by atoms with Crippen LogP contribution in [0.4, 0.5) is 0 Å². The maximum absolute atomic E-state index is 11.6. The Morgan fingerprint density at radius 1 is 1.40 bits per heavy atom. The van der Waals surface area contributed by atoms with Gasteiger partial charge in [0.2, 0.25) is 0 Å². The standard InChI is InChI=1S/C8H18N2O4S/c1-3-6-9-15(13,14)10(4-2)7-5-8(11)12/h9H,3-7H2,1-2H3,(H,11,12). The first-order valence-electron chi connectivity index (χ1n) is 4.90. The minimum absolute atomic E-state index is 0.00484. The first kappa shape index (κ1) is 14.3. The summed E-state index contributed by atoms with van der Waals surface area (Å²) in [5.74, 6) is -1.00. The van der Waals surface area contributed by atoms with Crippen LogP contribution in [0.15, 0.2) is 0 Å². The highest BCUT2D eigenvalue weighted by atomic mass is 32.2. The fourth-order valence-corrected chi connectivity index (χ4v) is 2.31. The van der Waals surface area contributed by atoms with Crippen LogP contribution in [0.5, 0.6) is 0 Å². The third kappa shape index (κ3) is 5.71. The van der Waals surface area contributed by atoms with Crippen molar-refractivity contribution in [2.45, 2.75) is 26.7 Å². The number of aliphatic carboxylic acids is 1. The second-order valence-electron chi connectivity index (χ2n) is 3.03. The van der Waals surface area contributed by atoms with Gasteiger partial charge in [-0.25, -0.2) is 4.72 Å². The molecule has 0 spiro atoms. The fraction of sp³-hybridized carbons (Fsp3) is 0.875. The molecular weight excluding hydrogens is 220 g/mol. The van der Waals surface area contributed by atoms with Gasteiger partial charge in [0.15, 0.2) is 0 Å². The highest BCUT2D eigenvalue weighted by Gasteiger charge is 2.19. The van der Waals surface area contributed by atoms with E-state index in [1.54, 1.807) is 6.92 Å². The number of carboxylic acid groups (broad SMARTS) is 1. The molecule has 0 aromatic heterocycles. The quantitative estimate of drug-likeness (QED) is 0.624. The highest BCUT2D eigenvalue weighted by molar-refractivity contribution is 7.87. The second-order valence-corrected chi connectivity index (χ2v) is 4.79. The van der Waals surface area contributed by atoms with Crippen molar-refractivity contribution >= 4 is 16.2 Å². The number of carboxylic acids is 1. The molecule has 0 amide bonds. The van der Waals surface area contributed by atoms with E-state index in [1.807, 2.05) is 6.92 Å². The predicted molar refractivity (Wildman–Crippen MR) is 56.7 cm³/mol. The smallest absolute Gasteiger partial charge is 0.304 e. The molecule has 6 nitrogen and oxygen atoms in total. The Hall–Kier alpha value is -0.660. The molecule has 0 radical (unpaired) electrons. The van der Waals surface area contributed by atoms with Crippen molar-refractivity contribution in [1.82, 2.24) is 9.03 Å². The van der Waals surface area contributed by atoms with Crippen LogP contribution in [0, 0.1) is 0 Å². The molecule has 0 aromatic rings. The fourth-order valence-electron chi connectivity index (χ4n) is 0.991. The molecule has 15 heavy (non-hydrogen) atoms. The Bertz CT molecular complexity index is 289. The van der Waals surface area contributed by atoms with E-state index in [2.05, 4.69) is 4.72 Å². The third-order valence-corrected chi connectivity index (χ3v) is 3.49. The highest BCUT2D eigenvalue weighted by Crippen LogP contribution is 1.99. The number of carbonyl (C=O) groups is 1. The zero-order valence-electron chi connectivity index (χ0n) is 9.06. The molecule has 0 heterocycles. The minimum Gasteiger partial charge on any atom is -0.481 e. The lowest BCUT2D eigenvalue weighted by molar-refractivity contribution is -0.137. The first-order valence-corrected chi connectivity index (χ1v) is 6.34. The van der Waals surface area contributed by atoms with Crippen molar-refractivity contribution in [2.75, 3.05) is 19.6 Å². The summed E-state index contributed by atoms with van der Waals surface area (Å²) in [5, 5.41) is 8.46. The Morgan fingerprint density at radius 3 is 2.40 bits per heavy atom. The van der Waals surface area contributed by atoms with E-state index in [-0.39, 0.29) is 19.5 Å². The largest absolute Gasteiger partial charge is 0.481 e. The van der Waals surface area contributed by atoms with E-state index in [0.29, 0.717) is 13.0 Å².